The molecule has 0 N–H and O–H groups in total. The highest BCUT2D eigenvalue weighted by atomic mass is 35.5. The van der Waals surface area contributed by atoms with Gasteiger partial charge in [-0.15, -0.1) is 21.8 Å². The third kappa shape index (κ3) is 2.67. The van der Waals surface area contributed by atoms with Crippen molar-refractivity contribution in [3.8, 4) is 0 Å². The van der Waals surface area contributed by atoms with Crippen molar-refractivity contribution in [2.24, 2.45) is 0 Å². The molecule has 0 saturated heterocycles. The molecular formula is C11H9ClN2O. The predicted octanol–water partition coefficient (Wildman–Crippen LogP) is 2.98. The first kappa shape index (κ1) is 9.93. The standard InChI is InChI=1S/C11H9ClN2O/c12-8-11-14-13-10(15-11)7-6-9-4-2-1-3-5-9/h1-7H,8H2. The molecule has 0 aliphatic heterocycles. The van der Waals surface area contributed by atoms with Gasteiger partial charge in [-0.2, -0.15) is 0 Å². The Balaban J connectivity index is 2.11. The van der Waals surface area contributed by atoms with E-state index in [1.54, 1.807) is 6.08 Å². The minimum Gasteiger partial charge on any atom is -0.420 e. The van der Waals surface area contributed by atoms with E-state index < -0.39 is 0 Å². The molecule has 1 heterocycles. The average Bonchev–Trinajstić information content (AvgIpc) is 2.76. The van der Waals surface area contributed by atoms with Crippen LogP contribution in [0, 0.1) is 0 Å². The van der Waals surface area contributed by atoms with Crippen molar-refractivity contribution in [2.75, 3.05) is 0 Å². The fourth-order valence-corrected chi connectivity index (χ4v) is 1.23. The topological polar surface area (TPSA) is 38.9 Å². The van der Waals surface area contributed by atoms with Crippen molar-refractivity contribution < 1.29 is 4.42 Å². The van der Waals surface area contributed by atoms with Gasteiger partial charge in [0.15, 0.2) is 0 Å². The Kier molecular flexibility index (Phi) is 3.15. The number of hydrogen-bond acceptors (Lipinski definition) is 3. The number of aromatic nitrogens is 2. The van der Waals surface area contributed by atoms with E-state index in [0.717, 1.165) is 5.56 Å². The maximum atomic E-state index is 5.54. The van der Waals surface area contributed by atoms with E-state index in [-0.39, 0.29) is 5.88 Å². The zero-order chi connectivity index (χ0) is 10.5. The van der Waals surface area contributed by atoms with E-state index >= 15 is 0 Å². The van der Waals surface area contributed by atoms with Crippen molar-refractivity contribution in [3.05, 3.63) is 47.7 Å². The van der Waals surface area contributed by atoms with E-state index in [4.69, 9.17) is 16.0 Å². The highest BCUT2D eigenvalue weighted by Crippen LogP contribution is 2.08. The summed E-state index contributed by atoms with van der Waals surface area (Å²) in [7, 11) is 0. The van der Waals surface area contributed by atoms with Gasteiger partial charge in [0, 0.05) is 6.08 Å². The van der Waals surface area contributed by atoms with E-state index in [2.05, 4.69) is 10.2 Å². The fourth-order valence-electron chi connectivity index (χ4n) is 1.12. The van der Waals surface area contributed by atoms with Crippen molar-refractivity contribution in [1.82, 2.24) is 10.2 Å². The summed E-state index contributed by atoms with van der Waals surface area (Å²) >= 11 is 5.54. The maximum Gasteiger partial charge on any atom is 0.240 e. The molecule has 1 aromatic carbocycles. The molecular weight excluding hydrogens is 212 g/mol. The first-order valence-electron chi connectivity index (χ1n) is 4.50. The van der Waals surface area contributed by atoms with Gasteiger partial charge in [-0.25, -0.2) is 0 Å². The van der Waals surface area contributed by atoms with Crippen LogP contribution in [0.2, 0.25) is 0 Å². The van der Waals surface area contributed by atoms with Gasteiger partial charge in [0.25, 0.3) is 0 Å². The second kappa shape index (κ2) is 4.75. The van der Waals surface area contributed by atoms with Crippen LogP contribution in [-0.2, 0) is 5.88 Å². The highest BCUT2D eigenvalue weighted by Gasteiger charge is 1.99. The molecule has 15 heavy (non-hydrogen) atoms. The van der Waals surface area contributed by atoms with Gasteiger partial charge in [-0.05, 0) is 11.6 Å². The van der Waals surface area contributed by atoms with Crippen LogP contribution in [0.25, 0.3) is 12.2 Å². The molecule has 3 nitrogen and oxygen atoms in total. The molecule has 2 rings (SSSR count). The van der Waals surface area contributed by atoms with Crippen molar-refractivity contribution in [1.29, 1.82) is 0 Å². The van der Waals surface area contributed by atoms with Gasteiger partial charge >= 0.3 is 0 Å². The lowest BCUT2D eigenvalue weighted by Crippen LogP contribution is -1.74. The highest BCUT2D eigenvalue weighted by molar-refractivity contribution is 6.16. The molecule has 0 aliphatic carbocycles. The number of rotatable bonds is 3. The molecule has 0 spiro atoms. The Labute approximate surface area is 92.4 Å². The van der Waals surface area contributed by atoms with Gasteiger partial charge in [0.2, 0.25) is 11.8 Å². The molecule has 76 valence electrons. The summed E-state index contributed by atoms with van der Waals surface area (Å²) in [6, 6.07) is 9.90. The number of nitrogens with zero attached hydrogens (tertiary/aromatic N) is 2. The van der Waals surface area contributed by atoms with Gasteiger partial charge < -0.3 is 4.42 Å². The Bertz CT molecular complexity index is 451. The maximum absolute atomic E-state index is 5.54. The molecule has 4 heteroatoms. The fraction of sp³-hybridized carbons (Fsp3) is 0.0909. The van der Waals surface area contributed by atoms with Crippen LogP contribution in [0.15, 0.2) is 34.7 Å². The predicted molar refractivity (Wildman–Crippen MR) is 59.2 cm³/mol. The van der Waals surface area contributed by atoms with Crippen molar-refractivity contribution in [2.45, 2.75) is 5.88 Å². The zero-order valence-electron chi connectivity index (χ0n) is 7.93. The van der Waals surface area contributed by atoms with Crippen molar-refractivity contribution in [3.63, 3.8) is 0 Å². The SMILES string of the molecule is ClCc1nnc(C=Cc2ccccc2)o1. The molecule has 0 unspecified atom stereocenters. The van der Waals surface area contributed by atoms with E-state index in [1.165, 1.54) is 0 Å². The molecule has 0 amide bonds. The van der Waals surface area contributed by atoms with Crippen LogP contribution in [-0.4, -0.2) is 10.2 Å². The second-order valence-electron chi connectivity index (χ2n) is 2.91. The molecule has 0 radical (unpaired) electrons. The van der Waals surface area contributed by atoms with Gasteiger partial charge in [0.05, 0.1) is 0 Å². The molecule has 0 fully saturated rings. The van der Waals surface area contributed by atoms with Gasteiger partial charge in [-0.3, -0.25) is 0 Å². The molecule has 0 saturated carbocycles. The molecule has 2 aromatic rings. The Morgan fingerprint density at radius 2 is 1.93 bits per heavy atom. The first-order chi connectivity index (χ1) is 7.38. The smallest absolute Gasteiger partial charge is 0.240 e. The lowest BCUT2D eigenvalue weighted by atomic mass is 10.2. The summed E-state index contributed by atoms with van der Waals surface area (Å²) in [6.07, 6.45) is 3.67. The second-order valence-corrected chi connectivity index (χ2v) is 3.18. The normalized spacial score (nSPS) is 11.0. The first-order valence-corrected chi connectivity index (χ1v) is 5.03. The van der Waals surface area contributed by atoms with Gasteiger partial charge in [-0.1, -0.05) is 30.3 Å². The molecule has 0 atom stereocenters. The van der Waals surface area contributed by atoms with Crippen LogP contribution >= 0.6 is 11.6 Å². The summed E-state index contributed by atoms with van der Waals surface area (Å²) < 4.78 is 5.21. The lowest BCUT2D eigenvalue weighted by molar-refractivity contribution is 0.505. The number of alkyl halides is 1. The van der Waals surface area contributed by atoms with Crippen LogP contribution < -0.4 is 0 Å². The minimum atomic E-state index is 0.242. The van der Waals surface area contributed by atoms with E-state index in [9.17, 15) is 0 Å². The Morgan fingerprint density at radius 3 is 2.60 bits per heavy atom. The van der Waals surface area contributed by atoms with Crippen molar-refractivity contribution >= 4 is 23.8 Å². The monoisotopic (exact) mass is 220 g/mol. The summed E-state index contributed by atoms with van der Waals surface area (Å²) in [5.74, 6) is 1.14. The molecule has 0 aliphatic rings. The average molecular weight is 221 g/mol. The third-order valence-electron chi connectivity index (χ3n) is 1.81. The summed E-state index contributed by atoms with van der Waals surface area (Å²) in [5, 5.41) is 7.56. The number of halogens is 1. The van der Waals surface area contributed by atoms with Crippen LogP contribution in [0.5, 0.6) is 0 Å². The number of benzene rings is 1. The third-order valence-corrected chi connectivity index (χ3v) is 2.04. The summed E-state index contributed by atoms with van der Waals surface area (Å²) in [5.41, 5.74) is 1.09. The summed E-state index contributed by atoms with van der Waals surface area (Å²) in [4.78, 5) is 0. The lowest BCUT2D eigenvalue weighted by Gasteiger charge is -1.88. The Hall–Kier alpha value is -1.61. The van der Waals surface area contributed by atoms with Crippen LogP contribution in [0.4, 0.5) is 0 Å². The zero-order valence-corrected chi connectivity index (χ0v) is 8.69. The molecule has 0 bridgehead atoms. The van der Waals surface area contributed by atoms with Crippen LogP contribution in [0.1, 0.15) is 17.3 Å². The van der Waals surface area contributed by atoms with Crippen LogP contribution in [0.3, 0.4) is 0 Å². The molecule has 1 aromatic heterocycles. The quantitative estimate of drug-likeness (QED) is 0.747. The Morgan fingerprint density at radius 1 is 1.13 bits per heavy atom. The van der Waals surface area contributed by atoms with E-state index in [0.29, 0.717) is 11.8 Å². The van der Waals surface area contributed by atoms with E-state index in [1.807, 2.05) is 36.4 Å². The van der Waals surface area contributed by atoms with Gasteiger partial charge in [0.1, 0.15) is 5.88 Å². The largest absolute Gasteiger partial charge is 0.420 e. The summed E-state index contributed by atoms with van der Waals surface area (Å²) in [6.45, 7) is 0. The number of hydrogen-bond donors (Lipinski definition) is 0. The minimum absolute atomic E-state index is 0.242.